The minimum atomic E-state index is -0.713. The number of esters is 1. The summed E-state index contributed by atoms with van der Waals surface area (Å²) in [7, 11) is 0. The van der Waals surface area contributed by atoms with Crippen LogP contribution < -0.4 is 10.6 Å². The third kappa shape index (κ3) is 7.10. The van der Waals surface area contributed by atoms with Crippen molar-refractivity contribution >= 4 is 17.8 Å². The first kappa shape index (κ1) is 21.6. The number of aliphatic carboxylic acids is 1. The molecule has 154 valence electrons. The van der Waals surface area contributed by atoms with Gasteiger partial charge in [-0.05, 0) is 58.5 Å². The van der Waals surface area contributed by atoms with E-state index in [-0.39, 0.29) is 24.0 Å². The Morgan fingerprint density at radius 3 is 1.93 bits per heavy atom. The molecule has 0 radical (unpaired) electrons. The molecule has 8 nitrogen and oxygen atoms in total. The molecule has 3 aliphatic rings. The van der Waals surface area contributed by atoms with Crippen LogP contribution >= 0.6 is 0 Å². The van der Waals surface area contributed by atoms with Crippen LogP contribution in [0, 0.1) is 0 Å². The number of carboxylic acids is 1. The van der Waals surface area contributed by atoms with E-state index in [1.54, 1.807) is 11.8 Å². The van der Waals surface area contributed by atoms with E-state index < -0.39 is 12.1 Å². The maximum atomic E-state index is 12.0. The summed E-state index contributed by atoms with van der Waals surface area (Å²) >= 11 is 0. The second kappa shape index (κ2) is 11.2. The van der Waals surface area contributed by atoms with Gasteiger partial charge in [0.1, 0.15) is 12.1 Å². The first-order chi connectivity index (χ1) is 13.0. The van der Waals surface area contributed by atoms with Gasteiger partial charge in [0.05, 0.1) is 0 Å². The number of hydrogen-bond acceptors (Lipinski definition) is 6. The molecule has 3 saturated heterocycles. The van der Waals surface area contributed by atoms with Gasteiger partial charge in [-0.25, -0.2) is 0 Å². The van der Waals surface area contributed by atoms with Crippen LogP contribution in [0.15, 0.2) is 0 Å². The average Bonchev–Trinajstić information content (AvgIpc) is 3.24. The van der Waals surface area contributed by atoms with Crippen LogP contribution in [0.3, 0.4) is 0 Å². The van der Waals surface area contributed by atoms with E-state index in [0.717, 1.165) is 77.5 Å². The van der Waals surface area contributed by atoms with Gasteiger partial charge in [0.2, 0.25) is 0 Å². The van der Waals surface area contributed by atoms with Gasteiger partial charge in [-0.1, -0.05) is 12.8 Å². The van der Waals surface area contributed by atoms with Crippen LogP contribution in [0.2, 0.25) is 0 Å². The van der Waals surface area contributed by atoms with E-state index in [1.807, 2.05) is 0 Å². The van der Waals surface area contributed by atoms with Crippen molar-refractivity contribution in [1.29, 1.82) is 0 Å². The molecule has 1 amide bonds. The molecule has 3 atom stereocenters. The highest BCUT2D eigenvalue weighted by Gasteiger charge is 2.29. The minimum Gasteiger partial charge on any atom is -0.480 e. The lowest BCUT2D eigenvalue weighted by Crippen LogP contribution is -2.45. The summed E-state index contributed by atoms with van der Waals surface area (Å²) in [5.74, 6) is -1.05. The molecule has 0 aromatic heterocycles. The minimum absolute atomic E-state index is 0.0586. The number of amides is 1. The molecule has 3 fully saturated rings. The molecular weight excluding hydrogens is 350 g/mol. The zero-order chi connectivity index (χ0) is 19.6. The number of rotatable bonds is 4. The second-order valence-electron chi connectivity index (χ2n) is 7.45. The molecule has 3 N–H and O–H groups in total. The Morgan fingerprint density at radius 1 is 0.926 bits per heavy atom. The Kier molecular flexibility index (Phi) is 9.00. The van der Waals surface area contributed by atoms with Crippen molar-refractivity contribution in [2.75, 3.05) is 26.2 Å². The highest BCUT2D eigenvalue weighted by atomic mass is 16.5. The summed E-state index contributed by atoms with van der Waals surface area (Å²) in [5, 5.41) is 14.5. The van der Waals surface area contributed by atoms with Gasteiger partial charge in [0.15, 0.2) is 6.10 Å². The van der Waals surface area contributed by atoms with Gasteiger partial charge >= 0.3 is 11.9 Å². The number of carbonyl (C=O) groups excluding carboxylic acids is 2. The summed E-state index contributed by atoms with van der Waals surface area (Å²) < 4.78 is 5.27. The van der Waals surface area contributed by atoms with Crippen molar-refractivity contribution in [3.05, 3.63) is 0 Å². The molecule has 3 rings (SSSR count). The van der Waals surface area contributed by atoms with E-state index in [4.69, 9.17) is 9.84 Å². The molecule has 0 spiro atoms. The second-order valence-corrected chi connectivity index (χ2v) is 7.45. The van der Waals surface area contributed by atoms with E-state index in [2.05, 4.69) is 10.6 Å². The lowest BCUT2D eigenvalue weighted by molar-refractivity contribution is -0.160. The fourth-order valence-corrected chi connectivity index (χ4v) is 3.62. The zero-order valence-corrected chi connectivity index (χ0v) is 16.2. The first-order valence-corrected chi connectivity index (χ1v) is 10.2. The smallest absolute Gasteiger partial charge is 0.323 e. The maximum absolute atomic E-state index is 12.0. The molecular formula is C19H33N3O5. The predicted molar refractivity (Wildman–Crippen MR) is 100 cm³/mol. The molecule has 0 aromatic rings. The SMILES string of the molecule is C[C@H](OC(=O)[C@H]1CCCCN1)C(=O)N1CCCC1.O=C(O)[C@H]1CCCCN1. The third-order valence-electron chi connectivity index (χ3n) is 5.26. The Bertz CT molecular complexity index is 496. The predicted octanol–water partition coefficient (Wildman–Crippen LogP) is 0.896. The molecule has 0 aromatic carbocycles. The fraction of sp³-hybridized carbons (Fsp3) is 0.842. The van der Waals surface area contributed by atoms with Gasteiger partial charge in [0, 0.05) is 13.1 Å². The lowest BCUT2D eigenvalue weighted by atomic mass is 10.1. The van der Waals surface area contributed by atoms with Crippen LogP contribution in [-0.4, -0.2) is 72.2 Å². The van der Waals surface area contributed by atoms with E-state index in [1.165, 1.54) is 0 Å². The van der Waals surface area contributed by atoms with Gasteiger partial charge in [-0.15, -0.1) is 0 Å². The van der Waals surface area contributed by atoms with Gasteiger partial charge in [-0.3, -0.25) is 14.4 Å². The number of hydrogen-bond donors (Lipinski definition) is 3. The van der Waals surface area contributed by atoms with Crippen molar-refractivity contribution < 1.29 is 24.2 Å². The standard InChI is InChI=1S/C13H22N2O3.C6H11NO2/c1-10(12(16)15-8-4-5-9-15)18-13(17)11-6-2-3-7-14-11;8-6(9)5-3-1-2-4-7-5/h10-11,14H,2-9H2,1H3;5,7H,1-4H2,(H,8,9)/t10-,11+;5-/m01/s1. The van der Waals surface area contributed by atoms with E-state index in [9.17, 15) is 14.4 Å². The van der Waals surface area contributed by atoms with Crippen molar-refractivity contribution in [2.24, 2.45) is 0 Å². The van der Waals surface area contributed by atoms with Crippen molar-refractivity contribution in [2.45, 2.75) is 76.5 Å². The molecule has 27 heavy (non-hydrogen) atoms. The van der Waals surface area contributed by atoms with Crippen molar-refractivity contribution in [3.63, 3.8) is 0 Å². The highest BCUT2D eigenvalue weighted by molar-refractivity contribution is 5.85. The molecule has 0 aliphatic carbocycles. The Hall–Kier alpha value is -1.67. The molecule has 3 heterocycles. The summed E-state index contributed by atoms with van der Waals surface area (Å²) in [6, 6.07) is -0.508. The third-order valence-corrected chi connectivity index (χ3v) is 5.26. The monoisotopic (exact) mass is 383 g/mol. The lowest BCUT2D eigenvalue weighted by Gasteiger charge is -2.25. The quantitative estimate of drug-likeness (QED) is 0.619. The zero-order valence-electron chi connectivity index (χ0n) is 16.2. The number of likely N-dealkylation sites (tertiary alicyclic amines) is 1. The van der Waals surface area contributed by atoms with Crippen LogP contribution in [0.1, 0.15) is 58.3 Å². The molecule has 0 saturated carbocycles. The Labute approximate surface area is 161 Å². The van der Waals surface area contributed by atoms with Crippen LogP contribution in [-0.2, 0) is 19.1 Å². The van der Waals surface area contributed by atoms with E-state index in [0.29, 0.717) is 0 Å². The number of carboxylic acid groups (broad SMARTS) is 1. The van der Waals surface area contributed by atoms with E-state index >= 15 is 0 Å². The molecule has 8 heteroatoms. The average molecular weight is 383 g/mol. The van der Waals surface area contributed by atoms with Crippen LogP contribution in [0.4, 0.5) is 0 Å². The van der Waals surface area contributed by atoms with Crippen molar-refractivity contribution in [3.8, 4) is 0 Å². The van der Waals surface area contributed by atoms with Gasteiger partial charge in [0.25, 0.3) is 5.91 Å². The van der Waals surface area contributed by atoms with Gasteiger partial charge in [-0.2, -0.15) is 0 Å². The summed E-state index contributed by atoms with van der Waals surface area (Å²) in [6.45, 7) is 4.97. The Balaban J connectivity index is 0.000000244. The summed E-state index contributed by atoms with van der Waals surface area (Å²) in [5.41, 5.74) is 0. The largest absolute Gasteiger partial charge is 0.480 e. The Morgan fingerprint density at radius 2 is 1.48 bits per heavy atom. The topological polar surface area (TPSA) is 108 Å². The molecule has 0 bridgehead atoms. The number of nitrogens with zero attached hydrogens (tertiary/aromatic N) is 1. The normalized spacial score (nSPS) is 26.5. The molecule has 3 aliphatic heterocycles. The number of piperidine rings is 2. The number of ether oxygens (including phenoxy) is 1. The highest BCUT2D eigenvalue weighted by Crippen LogP contribution is 2.13. The number of nitrogens with one attached hydrogen (secondary N) is 2. The fourth-order valence-electron chi connectivity index (χ4n) is 3.62. The summed E-state index contributed by atoms with van der Waals surface area (Å²) in [4.78, 5) is 35.9. The van der Waals surface area contributed by atoms with Crippen LogP contribution in [0.5, 0.6) is 0 Å². The number of carbonyl (C=O) groups is 3. The molecule has 0 unspecified atom stereocenters. The van der Waals surface area contributed by atoms with Gasteiger partial charge < -0.3 is 25.4 Å². The van der Waals surface area contributed by atoms with Crippen LogP contribution in [0.25, 0.3) is 0 Å². The first-order valence-electron chi connectivity index (χ1n) is 10.2. The van der Waals surface area contributed by atoms with Crippen molar-refractivity contribution in [1.82, 2.24) is 15.5 Å². The summed E-state index contributed by atoms with van der Waals surface area (Å²) in [6.07, 6.45) is 7.35. The maximum Gasteiger partial charge on any atom is 0.323 e.